The van der Waals surface area contributed by atoms with Crippen LogP contribution in [0.2, 0.25) is 5.02 Å². The average molecular weight is 499 g/mol. The molecule has 0 unspecified atom stereocenters. The van der Waals surface area contributed by atoms with Gasteiger partial charge in [0.05, 0.1) is 11.6 Å². The number of hydroxylamine groups is 1. The van der Waals surface area contributed by atoms with Crippen LogP contribution in [0.5, 0.6) is 5.75 Å². The molecule has 1 saturated heterocycles. The van der Waals surface area contributed by atoms with Gasteiger partial charge in [-0.1, -0.05) is 18.5 Å². The van der Waals surface area contributed by atoms with Gasteiger partial charge in [-0.05, 0) is 30.9 Å². The van der Waals surface area contributed by atoms with E-state index in [4.69, 9.17) is 21.2 Å². The SMILES string of the molecule is C=[N+](OCCOC(F)(F)F)C(=O)[C@H]1CC[C@@H](C)[C@H](NC(=O)COc2ccc(Cl)c(F)c2)CN1. The zero-order chi connectivity index (χ0) is 24.6. The van der Waals surface area contributed by atoms with Crippen LogP contribution in [0, 0.1) is 11.7 Å². The highest BCUT2D eigenvalue weighted by Crippen LogP contribution is 2.21. The minimum atomic E-state index is -4.78. The third kappa shape index (κ3) is 9.14. The number of carbonyl (C=O) groups excluding carboxylic acids is 2. The van der Waals surface area contributed by atoms with Crippen LogP contribution in [0.15, 0.2) is 18.2 Å². The Balaban J connectivity index is 1.78. The fraction of sp³-hybridized carbons (Fsp3) is 0.550. The summed E-state index contributed by atoms with van der Waals surface area (Å²) in [6.45, 7) is 3.92. The summed E-state index contributed by atoms with van der Waals surface area (Å²) in [6, 6.07) is 2.82. The quantitative estimate of drug-likeness (QED) is 0.179. The van der Waals surface area contributed by atoms with E-state index >= 15 is 0 Å². The number of nitrogens with zero attached hydrogens (tertiary/aromatic N) is 1. The molecule has 8 nitrogen and oxygen atoms in total. The van der Waals surface area contributed by atoms with Gasteiger partial charge in [0.25, 0.3) is 5.91 Å². The maximum Gasteiger partial charge on any atom is 0.522 e. The first-order valence-corrected chi connectivity index (χ1v) is 10.4. The number of hydrogen-bond donors (Lipinski definition) is 2. The molecule has 1 fully saturated rings. The highest BCUT2D eigenvalue weighted by molar-refractivity contribution is 6.30. The second kappa shape index (κ2) is 12.1. The molecule has 2 N–H and O–H groups in total. The van der Waals surface area contributed by atoms with Gasteiger partial charge < -0.3 is 10.1 Å². The van der Waals surface area contributed by atoms with E-state index in [0.29, 0.717) is 17.6 Å². The zero-order valence-corrected chi connectivity index (χ0v) is 18.5. The van der Waals surface area contributed by atoms with Crippen molar-refractivity contribution in [2.75, 3.05) is 26.4 Å². The lowest BCUT2D eigenvalue weighted by molar-refractivity contribution is -0.717. The summed E-state index contributed by atoms with van der Waals surface area (Å²) in [4.78, 5) is 29.6. The predicted octanol–water partition coefficient (Wildman–Crippen LogP) is 2.44. The van der Waals surface area contributed by atoms with Crippen LogP contribution in [-0.4, -0.2) is 68.1 Å². The van der Waals surface area contributed by atoms with Crippen LogP contribution < -0.4 is 15.4 Å². The number of alkyl halides is 3. The summed E-state index contributed by atoms with van der Waals surface area (Å²) in [5.41, 5.74) is 0. The normalized spacial score (nSPS) is 21.1. The van der Waals surface area contributed by atoms with Gasteiger partial charge in [-0.2, -0.15) is 0 Å². The molecule has 33 heavy (non-hydrogen) atoms. The predicted molar refractivity (Wildman–Crippen MR) is 109 cm³/mol. The Labute approximate surface area is 192 Å². The summed E-state index contributed by atoms with van der Waals surface area (Å²) in [5.74, 6) is -1.49. The molecular formula is C20H25ClF4N3O5+. The van der Waals surface area contributed by atoms with Gasteiger partial charge in [-0.3, -0.25) is 19.7 Å². The number of amides is 2. The topological polar surface area (TPSA) is 88.9 Å². The van der Waals surface area contributed by atoms with Crippen molar-refractivity contribution in [3.8, 4) is 5.75 Å². The molecular weight excluding hydrogens is 474 g/mol. The van der Waals surface area contributed by atoms with Gasteiger partial charge in [-0.25, -0.2) is 9.18 Å². The summed E-state index contributed by atoms with van der Waals surface area (Å²) < 4.78 is 58.8. The molecule has 1 aromatic carbocycles. The van der Waals surface area contributed by atoms with E-state index in [0.717, 1.165) is 6.07 Å². The molecule has 1 aliphatic heterocycles. The smallest absolute Gasteiger partial charge is 0.484 e. The second-order valence-electron chi connectivity index (χ2n) is 7.40. The zero-order valence-electron chi connectivity index (χ0n) is 17.8. The van der Waals surface area contributed by atoms with Gasteiger partial charge in [-0.15, -0.1) is 13.2 Å². The molecule has 0 aliphatic carbocycles. The van der Waals surface area contributed by atoms with E-state index in [9.17, 15) is 27.2 Å². The number of benzene rings is 1. The standard InChI is InChI=1S/C20H24ClF4N3O5/c1-12-3-6-16(19(30)28(2)33-8-7-32-20(23,24)25)26-10-17(12)27-18(29)11-31-13-4-5-14(21)15(22)9-13/h4-5,9,12,16-17,26H,2-3,6-8,10-11H2,1H3/p+1/t12-,16-,17-/m1/s1. The Hall–Kier alpha value is -2.44. The Morgan fingerprint density at radius 3 is 2.70 bits per heavy atom. The molecule has 3 atom stereocenters. The number of nitrogens with one attached hydrogen (secondary N) is 2. The van der Waals surface area contributed by atoms with Crippen LogP contribution in [0.3, 0.4) is 0 Å². The van der Waals surface area contributed by atoms with Crippen molar-refractivity contribution >= 4 is 30.1 Å². The van der Waals surface area contributed by atoms with Crippen molar-refractivity contribution in [1.82, 2.24) is 10.6 Å². The van der Waals surface area contributed by atoms with Crippen LogP contribution in [0.25, 0.3) is 0 Å². The van der Waals surface area contributed by atoms with Crippen LogP contribution in [0.1, 0.15) is 19.8 Å². The maximum absolute atomic E-state index is 13.4. The molecule has 0 saturated carbocycles. The van der Waals surface area contributed by atoms with Crippen molar-refractivity contribution in [2.45, 2.75) is 38.2 Å². The van der Waals surface area contributed by atoms with Gasteiger partial charge in [0, 0.05) is 23.4 Å². The number of rotatable bonds is 9. The van der Waals surface area contributed by atoms with Gasteiger partial charge >= 0.3 is 12.3 Å². The van der Waals surface area contributed by atoms with E-state index < -0.39 is 43.2 Å². The van der Waals surface area contributed by atoms with E-state index in [2.05, 4.69) is 22.1 Å². The Bertz CT molecular complexity index is 855. The van der Waals surface area contributed by atoms with Crippen LogP contribution in [0.4, 0.5) is 17.6 Å². The van der Waals surface area contributed by atoms with E-state index in [-0.39, 0.29) is 35.9 Å². The highest BCUT2D eigenvalue weighted by atomic mass is 35.5. The molecule has 1 heterocycles. The molecule has 0 aromatic heterocycles. The largest absolute Gasteiger partial charge is 0.522 e. The molecule has 0 bridgehead atoms. The number of halogens is 5. The molecule has 184 valence electrons. The van der Waals surface area contributed by atoms with Gasteiger partial charge in [0.2, 0.25) is 0 Å². The fourth-order valence-corrected chi connectivity index (χ4v) is 3.23. The molecule has 1 aliphatic rings. The first-order chi connectivity index (χ1) is 15.5. The number of hydrogen-bond acceptors (Lipinski definition) is 6. The van der Waals surface area contributed by atoms with Crippen LogP contribution >= 0.6 is 11.6 Å². The first-order valence-electron chi connectivity index (χ1n) is 10.0. The minimum absolute atomic E-state index is 0.00611. The lowest BCUT2D eigenvalue weighted by atomic mass is 9.97. The Morgan fingerprint density at radius 2 is 2.03 bits per heavy atom. The van der Waals surface area contributed by atoms with Gasteiger partial charge in [0.1, 0.15) is 17.6 Å². The van der Waals surface area contributed by atoms with Crippen molar-refractivity contribution in [2.24, 2.45) is 5.92 Å². The minimum Gasteiger partial charge on any atom is -0.484 e. The van der Waals surface area contributed by atoms with Crippen molar-refractivity contribution in [3.63, 3.8) is 0 Å². The molecule has 2 amide bonds. The highest BCUT2D eigenvalue weighted by Gasteiger charge is 2.35. The number of ether oxygens (including phenoxy) is 2. The van der Waals surface area contributed by atoms with E-state index in [1.165, 1.54) is 12.1 Å². The third-order valence-electron chi connectivity index (χ3n) is 4.93. The lowest BCUT2D eigenvalue weighted by Gasteiger charge is -2.22. The monoisotopic (exact) mass is 498 g/mol. The second-order valence-corrected chi connectivity index (χ2v) is 7.81. The van der Waals surface area contributed by atoms with Crippen molar-refractivity contribution in [1.29, 1.82) is 0 Å². The van der Waals surface area contributed by atoms with Gasteiger partial charge in [0.15, 0.2) is 19.9 Å². The summed E-state index contributed by atoms with van der Waals surface area (Å²) in [7, 11) is 0. The number of carbonyl (C=O) groups is 2. The fourth-order valence-electron chi connectivity index (χ4n) is 3.11. The first kappa shape index (κ1) is 26.8. The van der Waals surface area contributed by atoms with E-state index in [1.807, 2.05) is 6.92 Å². The van der Waals surface area contributed by atoms with Crippen LogP contribution in [-0.2, 0) is 19.2 Å². The lowest BCUT2D eigenvalue weighted by Crippen LogP contribution is -2.49. The summed E-state index contributed by atoms with van der Waals surface area (Å²) in [6.07, 6.45) is -3.81. The Morgan fingerprint density at radius 1 is 1.30 bits per heavy atom. The Kier molecular flexibility index (Phi) is 9.87. The summed E-state index contributed by atoms with van der Waals surface area (Å²) >= 11 is 5.60. The van der Waals surface area contributed by atoms with E-state index in [1.54, 1.807) is 0 Å². The molecule has 0 radical (unpaired) electrons. The molecule has 0 spiro atoms. The average Bonchev–Trinajstić information content (AvgIpc) is 2.92. The molecule has 1 aromatic rings. The van der Waals surface area contributed by atoms with Crippen molar-refractivity contribution in [3.05, 3.63) is 29.0 Å². The summed E-state index contributed by atoms with van der Waals surface area (Å²) in [5, 5.41) is 5.76. The van der Waals surface area contributed by atoms with Crippen molar-refractivity contribution < 1.29 is 46.2 Å². The maximum atomic E-state index is 13.4. The molecule has 13 heteroatoms. The third-order valence-corrected chi connectivity index (χ3v) is 5.24. The molecule has 2 rings (SSSR count).